The molecule has 4 rings (SSSR count). The van der Waals surface area contributed by atoms with E-state index in [-0.39, 0.29) is 29.1 Å². The zero-order chi connectivity index (χ0) is 25.1. The van der Waals surface area contributed by atoms with Gasteiger partial charge in [0.05, 0.1) is 5.56 Å². The Hall–Kier alpha value is -3.43. The number of carbonyl (C=O) groups excluding carboxylic acids is 1. The molecule has 2 heterocycles. The standard InChI is InChI=1S/C26H34N6O3/c1-4-28-26(35)25-30-29-24(21-14-20(16(2)3)22(33)15-23(21)34)32(25)19-7-5-17(6-8-19)13-18-9-11-31(27)12-10-18/h5-8,14-16,18,33-34H,4,9-13,27H2,1-3H3,(H,28,35). The molecule has 0 saturated carbocycles. The summed E-state index contributed by atoms with van der Waals surface area (Å²) < 4.78 is 1.65. The molecule has 0 unspecified atom stereocenters. The zero-order valence-electron chi connectivity index (χ0n) is 20.5. The Morgan fingerprint density at radius 3 is 2.43 bits per heavy atom. The molecule has 1 saturated heterocycles. The first-order valence-electron chi connectivity index (χ1n) is 12.2. The van der Waals surface area contributed by atoms with E-state index >= 15 is 0 Å². The number of hydrazine groups is 1. The average molecular weight is 479 g/mol. The van der Waals surface area contributed by atoms with Gasteiger partial charge in [0.15, 0.2) is 5.82 Å². The Morgan fingerprint density at radius 1 is 1.11 bits per heavy atom. The van der Waals surface area contributed by atoms with E-state index in [1.54, 1.807) is 10.6 Å². The van der Waals surface area contributed by atoms with Crippen LogP contribution in [-0.4, -0.2) is 55.5 Å². The van der Waals surface area contributed by atoms with Gasteiger partial charge in [0.25, 0.3) is 5.91 Å². The number of nitrogens with zero attached hydrogens (tertiary/aromatic N) is 4. The van der Waals surface area contributed by atoms with Gasteiger partial charge in [0.1, 0.15) is 11.5 Å². The van der Waals surface area contributed by atoms with E-state index < -0.39 is 0 Å². The topological polar surface area (TPSA) is 130 Å². The van der Waals surface area contributed by atoms with Crippen molar-refractivity contribution < 1.29 is 15.0 Å². The minimum Gasteiger partial charge on any atom is -0.508 e. The largest absolute Gasteiger partial charge is 0.508 e. The maximum absolute atomic E-state index is 12.8. The monoisotopic (exact) mass is 478 g/mol. The van der Waals surface area contributed by atoms with Crippen LogP contribution in [0, 0.1) is 5.92 Å². The molecule has 3 aromatic rings. The lowest BCUT2D eigenvalue weighted by molar-refractivity contribution is 0.0943. The molecular formula is C26H34N6O3. The number of nitrogens with two attached hydrogens (primary N) is 1. The van der Waals surface area contributed by atoms with Crippen molar-refractivity contribution in [3.63, 3.8) is 0 Å². The minimum atomic E-state index is -0.355. The highest BCUT2D eigenvalue weighted by molar-refractivity contribution is 5.92. The quantitative estimate of drug-likeness (QED) is 0.383. The minimum absolute atomic E-state index is 0.0149. The van der Waals surface area contributed by atoms with Crippen LogP contribution in [0.4, 0.5) is 0 Å². The third-order valence-corrected chi connectivity index (χ3v) is 6.58. The molecular weight excluding hydrogens is 444 g/mol. The van der Waals surface area contributed by atoms with Gasteiger partial charge in [-0.3, -0.25) is 15.2 Å². The average Bonchev–Trinajstić information content (AvgIpc) is 3.26. The summed E-state index contributed by atoms with van der Waals surface area (Å²) in [6, 6.07) is 11.0. The van der Waals surface area contributed by atoms with E-state index in [0.717, 1.165) is 32.4 Å². The van der Waals surface area contributed by atoms with Crippen molar-refractivity contribution in [2.75, 3.05) is 19.6 Å². The van der Waals surface area contributed by atoms with Gasteiger partial charge in [-0.25, -0.2) is 5.01 Å². The Bertz CT molecular complexity index is 1180. The second-order valence-corrected chi connectivity index (χ2v) is 9.47. The Labute approximate surface area is 205 Å². The maximum Gasteiger partial charge on any atom is 0.289 e. The summed E-state index contributed by atoms with van der Waals surface area (Å²) >= 11 is 0. The molecule has 1 fully saturated rings. The van der Waals surface area contributed by atoms with Crippen LogP contribution in [0.2, 0.25) is 0 Å². The number of phenols is 2. The van der Waals surface area contributed by atoms with Gasteiger partial charge in [0.2, 0.25) is 5.82 Å². The molecule has 9 nitrogen and oxygen atoms in total. The van der Waals surface area contributed by atoms with Crippen molar-refractivity contribution in [1.29, 1.82) is 0 Å². The number of piperidine rings is 1. The van der Waals surface area contributed by atoms with Gasteiger partial charge in [0, 0.05) is 31.4 Å². The predicted octanol–water partition coefficient (Wildman–Crippen LogP) is 3.35. The number of aromatic hydroxyl groups is 2. The number of carbonyl (C=O) groups is 1. The fourth-order valence-electron chi connectivity index (χ4n) is 4.60. The lowest BCUT2D eigenvalue weighted by atomic mass is 9.91. The summed E-state index contributed by atoms with van der Waals surface area (Å²) in [7, 11) is 0. The Balaban J connectivity index is 1.73. The van der Waals surface area contributed by atoms with Crippen molar-refractivity contribution >= 4 is 5.91 Å². The van der Waals surface area contributed by atoms with Gasteiger partial charge in [-0.05, 0) is 67.3 Å². The van der Waals surface area contributed by atoms with Crippen molar-refractivity contribution in [2.45, 2.75) is 46.0 Å². The molecule has 0 aliphatic carbocycles. The molecule has 1 aromatic heterocycles. The summed E-state index contributed by atoms with van der Waals surface area (Å²) in [6.07, 6.45) is 3.13. The van der Waals surface area contributed by atoms with E-state index in [2.05, 4.69) is 27.6 Å². The maximum atomic E-state index is 12.8. The van der Waals surface area contributed by atoms with Crippen LogP contribution in [0.15, 0.2) is 36.4 Å². The second kappa shape index (κ2) is 10.5. The third kappa shape index (κ3) is 5.31. The molecule has 186 valence electrons. The Morgan fingerprint density at radius 2 is 1.80 bits per heavy atom. The number of nitrogens with one attached hydrogen (secondary N) is 1. The number of phenolic OH excluding ortho intramolecular Hbond substituents is 2. The smallest absolute Gasteiger partial charge is 0.289 e. The highest BCUT2D eigenvalue weighted by Crippen LogP contribution is 2.38. The van der Waals surface area contributed by atoms with Gasteiger partial charge in [-0.15, -0.1) is 10.2 Å². The van der Waals surface area contributed by atoms with E-state index in [4.69, 9.17) is 5.84 Å². The molecule has 1 aliphatic heterocycles. The third-order valence-electron chi connectivity index (χ3n) is 6.58. The first-order chi connectivity index (χ1) is 16.8. The van der Waals surface area contributed by atoms with Crippen molar-refractivity contribution in [1.82, 2.24) is 25.1 Å². The van der Waals surface area contributed by atoms with Crippen LogP contribution < -0.4 is 11.2 Å². The van der Waals surface area contributed by atoms with Crippen molar-refractivity contribution in [2.24, 2.45) is 11.8 Å². The summed E-state index contributed by atoms with van der Waals surface area (Å²) in [6.45, 7) is 8.02. The summed E-state index contributed by atoms with van der Waals surface area (Å²) in [5.41, 5.74) is 3.00. The van der Waals surface area contributed by atoms with Crippen LogP contribution >= 0.6 is 0 Å². The number of benzene rings is 2. The van der Waals surface area contributed by atoms with Crippen LogP contribution in [0.5, 0.6) is 11.5 Å². The number of rotatable bonds is 7. The molecule has 35 heavy (non-hydrogen) atoms. The van der Waals surface area contributed by atoms with Crippen molar-refractivity contribution in [3.05, 3.63) is 53.3 Å². The summed E-state index contributed by atoms with van der Waals surface area (Å²) in [5.74, 6) is 6.49. The molecule has 0 radical (unpaired) electrons. The molecule has 1 aliphatic rings. The number of amides is 1. The van der Waals surface area contributed by atoms with Gasteiger partial charge in [-0.1, -0.05) is 26.0 Å². The van der Waals surface area contributed by atoms with E-state index in [0.29, 0.717) is 35.1 Å². The molecule has 1 amide bonds. The molecule has 9 heteroatoms. The molecule has 0 spiro atoms. The van der Waals surface area contributed by atoms with Crippen LogP contribution in [0.1, 0.15) is 61.3 Å². The zero-order valence-corrected chi connectivity index (χ0v) is 20.5. The Kier molecular flexibility index (Phi) is 7.37. The highest BCUT2D eigenvalue weighted by Gasteiger charge is 2.24. The molecule has 2 aromatic carbocycles. The molecule has 0 atom stereocenters. The van der Waals surface area contributed by atoms with Crippen molar-refractivity contribution in [3.8, 4) is 28.6 Å². The lowest BCUT2D eigenvalue weighted by Crippen LogP contribution is -2.39. The fourth-order valence-corrected chi connectivity index (χ4v) is 4.60. The van der Waals surface area contributed by atoms with Crippen LogP contribution in [0.25, 0.3) is 17.1 Å². The normalized spacial score (nSPS) is 15.0. The molecule has 5 N–H and O–H groups in total. The number of aromatic nitrogens is 3. The lowest BCUT2D eigenvalue weighted by Gasteiger charge is -2.28. The SMILES string of the molecule is CCNC(=O)c1nnc(-c2cc(C(C)C)c(O)cc2O)n1-c1ccc(CC2CCN(N)CC2)cc1. The van der Waals surface area contributed by atoms with Gasteiger partial charge >= 0.3 is 0 Å². The number of hydrogen-bond donors (Lipinski definition) is 4. The predicted molar refractivity (Wildman–Crippen MR) is 134 cm³/mol. The first kappa shape index (κ1) is 24.7. The summed E-state index contributed by atoms with van der Waals surface area (Å²) in [4.78, 5) is 12.8. The second-order valence-electron chi connectivity index (χ2n) is 9.47. The van der Waals surface area contributed by atoms with Crippen LogP contribution in [-0.2, 0) is 6.42 Å². The molecule has 0 bridgehead atoms. The fraction of sp³-hybridized carbons (Fsp3) is 0.423. The van der Waals surface area contributed by atoms with E-state index in [9.17, 15) is 15.0 Å². The summed E-state index contributed by atoms with van der Waals surface area (Å²) in [5, 5.41) is 34.0. The van der Waals surface area contributed by atoms with Gasteiger partial charge < -0.3 is 15.5 Å². The van der Waals surface area contributed by atoms with Gasteiger partial charge in [-0.2, -0.15) is 0 Å². The van der Waals surface area contributed by atoms with E-state index in [1.165, 1.54) is 11.6 Å². The van der Waals surface area contributed by atoms with Crippen LogP contribution in [0.3, 0.4) is 0 Å². The highest BCUT2D eigenvalue weighted by atomic mass is 16.3. The number of hydrogen-bond acceptors (Lipinski definition) is 7. The first-order valence-corrected chi connectivity index (χ1v) is 12.2. The van der Waals surface area contributed by atoms with E-state index in [1.807, 2.05) is 37.9 Å².